The van der Waals surface area contributed by atoms with E-state index in [2.05, 4.69) is 10.6 Å². The number of hydrogen-bond donors (Lipinski definition) is 2. The van der Waals surface area contributed by atoms with Crippen LogP contribution < -0.4 is 25.0 Å². The number of nitrogens with one attached hydrogen (secondary N) is 2. The molecule has 3 aromatic rings. The van der Waals surface area contributed by atoms with E-state index in [-0.39, 0.29) is 30.7 Å². The van der Waals surface area contributed by atoms with Crippen molar-refractivity contribution < 1.29 is 23.9 Å². The van der Waals surface area contributed by atoms with Gasteiger partial charge in [-0.3, -0.25) is 14.4 Å². The Hall–Kier alpha value is -4.33. The van der Waals surface area contributed by atoms with Crippen LogP contribution in [0.15, 0.2) is 72.8 Å². The third kappa shape index (κ3) is 6.41. The second-order valence-electron chi connectivity index (χ2n) is 8.67. The summed E-state index contributed by atoms with van der Waals surface area (Å²) in [4.78, 5) is 39.0. The fraction of sp³-hybridized carbons (Fsp3) is 0.250. The molecule has 0 aromatic heterocycles. The van der Waals surface area contributed by atoms with E-state index in [0.717, 1.165) is 16.9 Å². The summed E-state index contributed by atoms with van der Waals surface area (Å²) in [5, 5.41) is 5.71. The standard InChI is InChI=1S/C28H29N3O5/c1-19-4-3-5-22(14-19)30-26(32)18-36-25-12-8-23(9-13-25)31-17-21(15-27(31)33)28(34)29-16-20-6-10-24(35-2)11-7-20/h3-14,21H,15-18H2,1-2H3,(H,29,34)(H,30,32)/t21-/m1/s1. The summed E-state index contributed by atoms with van der Waals surface area (Å²) in [7, 11) is 1.60. The first-order valence-corrected chi connectivity index (χ1v) is 11.7. The van der Waals surface area contributed by atoms with E-state index in [9.17, 15) is 14.4 Å². The van der Waals surface area contributed by atoms with Gasteiger partial charge in [-0.15, -0.1) is 0 Å². The molecule has 0 unspecified atom stereocenters. The predicted octanol–water partition coefficient (Wildman–Crippen LogP) is 3.69. The Morgan fingerprint density at radius 3 is 2.42 bits per heavy atom. The summed E-state index contributed by atoms with van der Waals surface area (Å²) in [6, 6.07) is 21.9. The molecule has 1 saturated heterocycles. The molecule has 3 amide bonds. The number of anilines is 2. The topological polar surface area (TPSA) is 97.0 Å². The molecule has 36 heavy (non-hydrogen) atoms. The van der Waals surface area contributed by atoms with Crippen molar-refractivity contribution in [1.29, 1.82) is 0 Å². The number of aryl methyl sites for hydroxylation is 1. The molecule has 4 rings (SSSR count). The molecule has 1 aliphatic rings. The van der Waals surface area contributed by atoms with Gasteiger partial charge in [-0.1, -0.05) is 24.3 Å². The highest BCUT2D eigenvalue weighted by molar-refractivity contribution is 6.00. The molecular formula is C28H29N3O5. The third-order valence-electron chi connectivity index (χ3n) is 5.94. The van der Waals surface area contributed by atoms with Gasteiger partial charge in [0.1, 0.15) is 11.5 Å². The van der Waals surface area contributed by atoms with Gasteiger partial charge < -0.3 is 25.0 Å². The normalized spacial score (nSPS) is 14.9. The van der Waals surface area contributed by atoms with Gasteiger partial charge in [0.05, 0.1) is 13.0 Å². The Labute approximate surface area is 210 Å². The van der Waals surface area contributed by atoms with E-state index in [1.54, 1.807) is 36.3 Å². The second kappa shape index (κ2) is 11.4. The van der Waals surface area contributed by atoms with Crippen molar-refractivity contribution in [3.05, 3.63) is 83.9 Å². The second-order valence-corrected chi connectivity index (χ2v) is 8.67. The Morgan fingerprint density at radius 1 is 1.00 bits per heavy atom. The maximum absolute atomic E-state index is 12.6. The van der Waals surface area contributed by atoms with E-state index >= 15 is 0 Å². The van der Waals surface area contributed by atoms with Gasteiger partial charge >= 0.3 is 0 Å². The molecule has 1 atom stereocenters. The number of benzene rings is 3. The van der Waals surface area contributed by atoms with Gasteiger partial charge in [-0.2, -0.15) is 0 Å². The minimum atomic E-state index is -0.419. The summed E-state index contributed by atoms with van der Waals surface area (Å²) in [6.07, 6.45) is 0.159. The van der Waals surface area contributed by atoms with Crippen molar-refractivity contribution in [2.45, 2.75) is 19.9 Å². The van der Waals surface area contributed by atoms with Crippen LogP contribution in [-0.2, 0) is 20.9 Å². The van der Waals surface area contributed by atoms with Crippen LogP contribution in [0.5, 0.6) is 11.5 Å². The molecule has 0 spiro atoms. The number of rotatable bonds is 9. The molecule has 0 aliphatic carbocycles. The number of carbonyl (C=O) groups is 3. The van der Waals surface area contributed by atoms with E-state index in [1.807, 2.05) is 55.5 Å². The lowest BCUT2D eigenvalue weighted by Gasteiger charge is -2.17. The lowest BCUT2D eigenvalue weighted by molar-refractivity contribution is -0.126. The van der Waals surface area contributed by atoms with Crippen LogP contribution in [0.4, 0.5) is 11.4 Å². The quantitative estimate of drug-likeness (QED) is 0.480. The summed E-state index contributed by atoms with van der Waals surface area (Å²) in [6.45, 7) is 2.52. The first kappa shape index (κ1) is 24.8. The average Bonchev–Trinajstić information content (AvgIpc) is 3.28. The van der Waals surface area contributed by atoms with Crippen molar-refractivity contribution in [2.75, 3.05) is 30.5 Å². The van der Waals surface area contributed by atoms with Crippen molar-refractivity contribution in [3.63, 3.8) is 0 Å². The molecule has 3 aromatic carbocycles. The summed E-state index contributed by atoms with van der Waals surface area (Å²) < 4.78 is 10.7. The molecule has 1 fully saturated rings. The van der Waals surface area contributed by atoms with Crippen LogP contribution >= 0.6 is 0 Å². The molecule has 8 heteroatoms. The minimum absolute atomic E-state index is 0.106. The number of hydrogen-bond acceptors (Lipinski definition) is 5. The molecular weight excluding hydrogens is 458 g/mol. The Morgan fingerprint density at radius 2 is 1.72 bits per heavy atom. The SMILES string of the molecule is COc1ccc(CNC(=O)[C@@H]2CC(=O)N(c3ccc(OCC(=O)Nc4cccc(C)c4)cc3)C2)cc1. The van der Waals surface area contributed by atoms with Crippen LogP contribution in [0.3, 0.4) is 0 Å². The van der Waals surface area contributed by atoms with Crippen molar-refractivity contribution in [1.82, 2.24) is 5.32 Å². The van der Waals surface area contributed by atoms with Crippen LogP contribution in [0.2, 0.25) is 0 Å². The van der Waals surface area contributed by atoms with Crippen LogP contribution in [-0.4, -0.2) is 38.0 Å². The molecule has 1 aliphatic heterocycles. The third-order valence-corrected chi connectivity index (χ3v) is 5.94. The Kier molecular flexibility index (Phi) is 7.85. The van der Waals surface area contributed by atoms with Crippen molar-refractivity contribution >= 4 is 29.1 Å². The Balaban J connectivity index is 1.26. The largest absolute Gasteiger partial charge is 0.497 e. The Bertz CT molecular complexity index is 1220. The predicted molar refractivity (Wildman–Crippen MR) is 137 cm³/mol. The summed E-state index contributed by atoms with van der Waals surface area (Å²) in [5.41, 5.74) is 3.40. The monoisotopic (exact) mass is 487 g/mol. The highest BCUT2D eigenvalue weighted by Crippen LogP contribution is 2.27. The van der Waals surface area contributed by atoms with E-state index < -0.39 is 5.92 Å². The highest BCUT2D eigenvalue weighted by Gasteiger charge is 2.35. The summed E-state index contributed by atoms with van der Waals surface area (Å²) >= 11 is 0. The van der Waals surface area contributed by atoms with Gasteiger partial charge in [0.25, 0.3) is 5.91 Å². The number of nitrogens with zero attached hydrogens (tertiary/aromatic N) is 1. The lowest BCUT2D eigenvalue weighted by atomic mass is 10.1. The lowest BCUT2D eigenvalue weighted by Crippen LogP contribution is -2.32. The van der Waals surface area contributed by atoms with Gasteiger partial charge in [-0.05, 0) is 66.6 Å². The number of carbonyl (C=O) groups excluding carboxylic acids is 3. The van der Waals surface area contributed by atoms with E-state index in [1.165, 1.54) is 0 Å². The summed E-state index contributed by atoms with van der Waals surface area (Å²) in [5.74, 6) is 0.328. The van der Waals surface area contributed by atoms with Gasteiger partial charge in [-0.25, -0.2) is 0 Å². The first-order valence-electron chi connectivity index (χ1n) is 11.7. The fourth-order valence-corrected chi connectivity index (χ4v) is 4.00. The van der Waals surface area contributed by atoms with Crippen LogP contribution in [0.1, 0.15) is 17.5 Å². The first-order chi connectivity index (χ1) is 17.4. The highest BCUT2D eigenvalue weighted by atomic mass is 16.5. The number of methoxy groups -OCH3 is 1. The van der Waals surface area contributed by atoms with Crippen molar-refractivity contribution in [3.8, 4) is 11.5 Å². The van der Waals surface area contributed by atoms with Crippen LogP contribution in [0.25, 0.3) is 0 Å². The molecule has 186 valence electrons. The van der Waals surface area contributed by atoms with E-state index in [0.29, 0.717) is 30.2 Å². The molecule has 0 bridgehead atoms. The van der Waals surface area contributed by atoms with Crippen molar-refractivity contribution in [2.24, 2.45) is 5.92 Å². The zero-order chi connectivity index (χ0) is 25.5. The molecule has 2 N–H and O–H groups in total. The molecule has 8 nitrogen and oxygen atoms in total. The van der Waals surface area contributed by atoms with Crippen LogP contribution in [0, 0.1) is 12.8 Å². The van der Waals surface area contributed by atoms with E-state index in [4.69, 9.17) is 9.47 Å². The zero-order valence-electron chi connectivity index (χ0n) is 20.3. The number of ether oxygens (including phenoxy) is 2. The van der Waals surface area contributed by atoms with Gasteiger partial charge in [0.15, 0.2) is 6.61 Å². The number of amides is 3. The maximum Gasteiger partial charge on any atom is 0.262 e. The minimum Gasteiger partial charge on any atom is -0.497 e. The fourth-order valence-electron chi connectivity index (χ4n) is 4.00. The smallest absolute Gasteiger partial charge is 0.262 e. The molecule has 0 saturated carbocycles. The maximum atomic E-state index is 12.6. The van der Waals surface area contributed by atoms with Gasteiger partial charge in [0, 0.05) is 30.9 Å². The average molecular weight is 488 g/mol. The molecule has 1 heterocycles. The molecule has 0 radical (unpaired) electrons. The zero-order valence-corrected chi connectivity index (χ0v) is 20.3. The van der Waals surface area contributed by atoms with Gasteiger partial charge in [0.2, 0.25) is 11.8 Å².